The van der Waals surface area contributed by atoms with Gasteiger partial charge in [0.15, 0.2) is 0 Å². The molecular formula is C19H21N3O4S. The lowest BCUT2D eigenvalue weighted by atomic mass is 10.2. The average Bonchev–Trinajstić information content (AvgIpc) is 3.08. The second-order valence-corrected chi connectivity index (χ2v) is 8.40. The topological polar surface area (TPSA) is 92.4 Å². The van der Waals surface area contributed by atoms with Crippen molar-refractivity contribution in [2.45, 2.75) is 17.7 Å². The number of ether oxygens (including phenoxy) is 1. The van der Waals surface area contributed by atoms with Gasteiger partial charge in [0, 0.05) is 20.5 Å². The lowest BCUT2D eigenvalue weighted by Crippen LogP contribution is -2.22. The van der Waals surface area contributed by atoms with Crippen molar-refractivity contribution in [3.05, 3.63) is 59.9 Å². The maximum atomic E-state index is 12.1. The minimum absolute atomic E-state index is 0.133. The van der Waals surface area contributed by atoms with Crippen LogP contribution >= 0.6 is 0 Å². The Bertz CT molecular complexity index is 1010. The van der Waals surface area contributed by atoms with Gasteiger partial charge in [-0.1, -0.05) is 12.1 Å². The van der Waals surface area contributed by atoms with Crippen LogP contribution in [0.15, 0.2) is 53.4 Å². The number of aromatic amines is 1. The summed E-state index contributed by atoms with van der Waals surface area (Å²) in [5.74, 6) is 0.374. The fourth-order valence-corrected chi connectivity index (χ4v) is 3.49. The molecule has 0 aliphatic carbocycles. The molecule has 0 atom stereocenters. The van der Waals surface area contributed by atoms with Crippen LogP contribution in [0.2, 0.25) is 0 Å². The van der Waals surface area contributed by atoms with Gasteiger partial charge in [-0.25, -0.2) is 22.5 Å². The highest BCUT2D eigenvalue weighted by molar-refractivity contribution is 7.89. The number of nitrogens with zero attached hydrogens (tertiary/aromatic N) is 2. The summed E-state index contributed by atoms with van der Waals surface area (Å²) >= 11 is 0. The number of rotatable bonds is 7. The molecule has 0 fully saturated rings. The van der Waals surface area contributed by atoms with Crippen molar-refractivity contribution in [1.29, 1.82) is 0 Å². The third-order valence-electron chi connectivity index (χ3n) is 4.10. The number of nitrogens with one attached hydrogen (secondary N) is 1. The number of hydrogen-bond acceptors (Lipinski definition) is 5. The first-order valence-corrected chi connectivity index (χ1v) is 9.95. The molecule has 3 rings (SSSR count). The summed E-state index contributed by atoms with van der Waals surface area (Å²) in [4.78, 5) is 19.9. The van der Waals surface area contributed by atoms with Crippen molar-refractivity contribution in [1.82, 2.24) is 14.3 Å². The van der Waals surface area contributed by atoms with Crippen LogP contribution in [0, 0.1) is 0 Å². The Morgan fingerprint density at radius 3 is 2.48 bits per heavy atom. The summed E-state index contributed by atoms with van der Waals surface area (Å²) in [6, 6.07) is 13.5. The van der Waals surface area contributed by atoms with E-state index >= 15 is 0 Å². The van der Waals surface area contributed by atoms with Crippen LogP contribution in [0.1, 0.15) is 22.6 Å². The Labute approximate surface area is 158 Å². The molecule has 7 nitrogen and oxygen atoms in total. The lowest BCUT2D eigenvalue weighted by Gasteiger charge is -2.11. The second kappa shape index (κ2) is 7.89. The van der Waals surface area contributed by atoms with E-state index < -0.39 is 16.0 Å². The molecule has 0 aliphatic rings. The molecule has 1 heterocycles. The van der Waals surface area contributed by atoms with E-state index in [1.54, 1.807) is 0 Å². The van der Waals surface area contributed by atoms with Gasteiger partial charge in [-0.15, -0.1) is 0 Å². The maximum Gasteiger partial charge on any atom is 0.338 e. The van der Waals surface area contributed by atoms with E-state index in [1.165, 1.54) is 38.4 Å². The molecule has 142 valence electrons. The van der Waals surface area contributed by atoms with Gasteiger partial charge < -0.3 is 9.72 Å². The SMILES string of the molecule is CN(C)S(=O)(=O)c1ccc(C(=O)OCCCc2nc3ccccc3[nH]2)cc1. The molecule has 1 aromatic heterocycles. The van der Waals surface area contributed by atoms with Crippen molar-refractivity contribution in [3.63, 3.8) is 0 Å². The molecule has 3 aromatic rings. The van der Waals surface area contributed by atoms with E-state index in [4.69, 9.17) is 4.74 Å². The number of hydrogen-bond donors (Lipinski definition) is 1. The lowest BCUT2D eigenvalue weighted by molar-refractivity contribution is 0.0500. The maximum absolute atomic E-state index is 12.1. The van der Waals surface area contributed by atoms with Crippen LogP contribution in [-0.4, -0.2) is 49.4 Å². The minimum Gasteiger partial charge on any atom is -0.462 e. The first-order valence-electron chi connectivity index (χ1n) is 8.51. The molecule has 8 heteroatoms. The number of carbonyl (C=O) groups excluding carboxylic acids is 1. The van der Waals surface area contributed by atoms with E-state index in [2.05, 4.69) is 9.97 Å². The summed E-state index contributed by atoms with van der Waals surface area (Å²) in [6.45, 7) is 0.258. The normalized spacial score (nSPS) is 11.8. The zero-order valence-electron chi connectivity index (χ0n) is 15.2. The molecular weight excluding hydrogens is 366 g/mol. The first-order chi connectivity index (χ1) is 12.9. The van der Waals surface area contributed by atoms with E-state index in [0.717, 1.165) is 21.2 Å². The van der Waals surface area contributed by atoms with Crippen molar-refractivity contribution in [2.75, 3.05) is 20.7 Å². The fraction of sp³-hybridized carbons (Fsp3) is 0.263. The largest absolute Gasteiger partial charge is 0.462 e. The Kier molecular flexibility index (Phi) is 5.57. The van der Waals surface area contributed by atoms with Crippen LogP contribution in [0.4, 0.5) is 0 Å². The van der Waals surface area contributed by atoms with Gasteiger partial charge in [0.1, 0.15) is 5.82 Å². The van der Waals surface area contributed by atoms with Crippen LogP contribution in [0.3, 0.4) is 0 Å². The number of para-hydroxylation sites is 2. The predicted molar refractivity (Wildman–Crippen MR) is 102 cm³/mol. The van der Waals surface area contributed by atoms with Crippen LogP contribution in [0.5, 0.6) is 0 Å². The fourth-order valence-electron chi connectivity index (χ4n) is 2.59. The number of aryl methyl sites for hydroxylation is 1. The third-order valence-corrected chi connectivity index (χ3v) is 5.93. The van der Waals surface area contributed by atoms with Crippen LogP contribution in [-0.2, 0) is 21.2 Å². The van der Waals surface area contributed by atoms with Crippen molar-refractivity contribution in [3.8, 4) is 0 Å². The summed E-state index contributed by atoms with van der Waals surface area (Å²) in [6.07, 6.45) is 1.31. The molecule has 0 saturated carbocycles. The van der Waals surface area contributed by atoms with Crippen molar-refractivity contribution in [2.24, 2.45) is 0 Å². The predicted octanol–water partition coefficient (Wildman–Crippen LogP) is 2.60. The molecule has 2 aromatic carbocycles. The Morgan fingerprint density at radius 2 is 1.81 bits per heavy atom. The van der Waals surface area contributed by atoms with Crippen molar-refractivity contribution >= 4 is 27.0 Å². The van der Waals surface area contributed by atoms with Gasteiger partial charge in [0.2, 0.25) is 10.0 Å². The summed E-state index contributed by atoms with van der Waals surface area (Å²) < 4.78 is 30.4. The van der Waals surface area contributed by atoms with Gasteiger partial charge >= 0.3 is 5.97 Å². The van der Waals surface area contributed by atoms with E-state index in [0.29, 0.717) is 18.4 Å². The van der Waals surface area contributed by atoms with Gasteiger partial charge in [0.25, 0.3) is 0 Å². The molecule has 1 N–H and O–H groups in total. The second-order valence-electron chi connectivity index (χ2n) is 6.25. The number of imidazole rings is 1. The molecule has 0 radical (unpaired) electrons. The monoisotopic (exact) mass is 387 g/mol. The molecule has 0 saturated heterocycles. The van der Waals surface area contributed by atoms with Gasteiger partial charge in [-0.2, -0.15) is 0 Å². The average molecular weight is 387 g/mol. The molecule has 0 aliphatic heterocycles. The summed E-state index contributed by atoms with van der Waals surface area (Å²) in [7, 11) is -0.596. The number of carbonyl (C=O) groups is 1. The smallest absolute Gasteiger partial charge is 0.338 e. The van der Waals surface area contributed by atoms with E-state index in [-0.39, 0.29) is 11.5 Å². The molecule has 0 amide bonds. The molecule has 0 bridgehead atoms. The van der Waals surface area contributed by atoms with Gasteiger partial charge in [-0.05, 0) is 42.8 Å². The van der Waals surface area contributed by atoms with Gasteiger partial charge in [0.05, 0.1) is 28.1 Å². The first kappa shape index (κ1) is 19.1. The zero-order chi connectivity index (χ0) is 19.4. The number of sulfonamides is 1. The Morgan fingerprint density at radius 1 is 1.11 bits per heavy atom. The van der Waals surface area contributed by atoms with E-state index in [1.807, 2.05) is 24.3 Å². The number of aromatic nitrogens is 2. The molecule has 0 spiro atoms. The third kappa shape index (κ3) is 4.35. The molecule has 0 unspecified atom stereocenters. The quantitative estimate of drug-likeness (QED) is 0.497. The number of benzene rings is 2. The summed E-state index contributed by atoms with van der Waals surface area (Å²) in [5.41, 5.74) is 2.21. The van der Waals surface area contributed by atoms with E-state index in [9.17, 15) is 13.2 Å². The number of esters is 1. The highest BCUT2D eigenvalue weighted by Crippen LogP contribution is 2.15. The standard InChI is InChI=1S/C19H21N3O4S/c1-22(2)27(24,25)15-11-9-14(10-12-15)19(23)26-13-5-8-18-20-16-6-3-4-7-17(16)21-18/h3-4,6-7,9-12H,5,8,13H2,1-2H3,(H,20,21). The minimum atomic E-state index is -3.51. The Balaban J connectivity index is 1.52. The Hall–Kier alpha value is -2.71. The highest BCUT2D eigenvalue weighted by atomic mass is 32.2. The van der Waals surface area contributed by atoms with Crippen molar-refractivity contribution < 1.29 is 17.9 Å². The molecule has 27 heavy (non-hydrogen) atoms. The highest BCUT2D eigenvalue weighted by Gasteiger charge is 2.17. The zero-order valence-corrected chi connectivity index (χ0v) is 16.0. The number of H-pyrrole nitrogens is 1. The van der Waals surface area contributed by atoms with Gasteiger partial charge in [-0.3, -0.25) is 0 Å². The van der Waals surface area contributed by atoms with Crippen LogP contribution in [0.25, 0.3) is 11.0 Å². The summed E-state index contributed by atoms with van der Waals surface area (Å²) in [5, 5.41) is 0. The number of fused-ring (bicyclic) bond motifs is 1. The van der Waals surface area contributed by atoms with Crippen LogP contribution < -0.4 is 0 Å².